The molecule has 0 heterocycles. The number of nitrogens with two attached hydrogens (primary N) is 1. The van der Waals surface area contributed by atoms with E-state index in [0.717, 1.165) is 0 Å². The second-order valence-electron chi connectivity index (χ2n) is 2.05. The first-order chi connectivity index (χ1) is 5.15. The van der Waals surface area contributed by atoms with Crippen molar-refractivity contribution in [3.05, 3.63) is 32.9 Å². The van der Waals surface area contributed by atoms with Gasteiger partial charge < -0.3 is 5.73 Å². The lowest BCUT2D eigenvalue weighted by Gasteiger charge is -2.01. The molecule has 0 aromatic heterocycles. The quantitative estimate of drug-likeness (QED) is 0.793. The Bertz CT molecular complexity index is 257. The van der Waals surface area contributed by atoms with E-state index in [4.69, 9.17) is 5.73 Å². The molecule has 1 aromatic carbocycles. The molecule has 0 bridgehead atoms. The fourth-order valence-corrected chi connectivity index (χ4v) is 1.31. The molecule has 1 aromatic rings. The van der Waals surface area contributed by atoms with Gasteiger partial charge in [-0.3, -0.25) is 0 Å². The minimum atomic E-state index is -0.572. The van der Waals surface area contributed by atoms with E-state index in [9.17, 15) is 8.78 Å². The van der Waals surface area contributed by atoms with Gasteiger partial charge in [-0.25, -0.2) is 8.78 Å². The van der Waals surface area contributed by atoms with Crippen LogP contribution in [0.1, 0.15) is 5.56 Å². The summed E-state index contributed by atoms with van der Waals surface area (Å²) in [6.07, 6.45) is 0. The lowest BCUT2D eigenvalue weighted by atomic mass is 10.2. The highest BCUT2D eigenvalue weighted by atomic mass is 127. The van der Waals surface area contributed by atoms with E-state index in [1.807, 2.05) is 22.6 Å². The number of benzene rings is 1. The first-order valence-corrected chi connectivity index (χ1v) is 4.06. The summed E-state index contributed by atoms with van der Waals surface area (Å²) in [5, 5.41) is 0. The maximum absolute atomic E-state index is 12.8. The molecule has 68 valence electrons. The van der Waals surface area contributed by atoms with Crippen molar-refractivity contribution in [1.29, 1.82) is 0 Å². The third kappa shape index (κ3) is 2.53. The molecule has 0 aliphatic carbocycles. The second-order valence-corrected chi connectivity index (χ2v) is 3.30. The van der Waals surface area contributed by atoms with Crippen LogP contribution in [-0.4, -0.2) is 0 Å². The van der Waals surface area contributed by atoms with E-state index in [0.29, 0.717) is 3.57 Å². The number of hydrogen-bond acceptors (Lipinski definition) is 1. The zero-order valence-corrected chi connectivity index (χ0v) is 8.96. The van der Waals surface area contributed by atoms with Crippen molar-refractivity contribution in [2.24, 2.45) is 5.73 Å². The number of rotatable bonds is 1. The van der Waals surface area contributed by atoms with E-state index in [1.165, 1.54) is 12.1 Å². The van der Waals surface area contributed by atoms with Gasteiger partial charge >= 0.3 is 0 Å². The molecule has 0 amide bonds. The van der Waals surface area contributed by atoms with Gasteiger partial charge in [-0.1, -0.05) is 0 Å². The van der Waals surface area contributed by atoms with Crippen molar-refractivity contribution in [2.75, 3.05) is 0 Å². The van der Waals surface area contributed by atoms with Gasteiger partial charge in [-0.05, 0) is 34.7 Å². The Morgan fingerprint density at radius 1 is 1.25 bits per heavy atom. The molecule has 1 rings (SSSR count). The molecule has 0 spiro atoms. The average molecular weight is 305 g/mol. The van der Waals surface area contributed by atoms with E-state index in [2.05, 4.69) is 0 Å². The molecular formula is C7H7ClF2IN. The van der Waals surface area contributed by atoms with Crippen LogP contribution in [0, 0.1) is 15.2 Å². The minimum absolute atomic E-state index is 0. The van der Waals surface area contributed by atoms with E-state index in [1.54, 1.807) is 0 Å². The normalized spacial score (nSPS) is 9.33. The molecule has 5 heteroatoms. The van der Waals surface area contributed by atoms with Gasteiger partial charge in [-0.15, -0.1) is 12.4 Å². The minimum Gasteiger partial charge on any atom is -0.326 e. The molecule has 2 N–H and O–H groups in total. The summed E-state index contributed by atoms with van der Waals surface area (Å²) in [6.45, 7) is -0.103. The number of hydrogen-bond donors (Lipinski definition) is 1. The van der Waals surface area contributed by atoms with Crippen molar-refractivity contribution in [2.45, 2.75) is 6.54 Å². The highest BCUT2D eigenvalue weighted by molar-refractivity contribution is 14.1. The van der Waals surface area contributed by atoms with Crippen LogP contribution < -0.4 is 5.73 Å². The average Bonchev–Trinajstić information content (AvgIpc) is 1.85. The molecule has 0 aliphatic rings. The fourth-order valence-electron chi connectivity index (χ4n) is 0.767. The molecule has 0 saturated heterocycles. The summed E-state index contributed by atoms with van der Waals surface area (Å²) in [6, 6.07) is 2.51. The Balaban J connectivity index is 0.00000121. The number of halogens is 4. The molecule has 0 unspecified atom stereocenters. The Hall–Kier alpha value is 0.0600. The van der Waals surface area contributed by atoms with Gasteiger partial charge in [0.25, 0.3) is 0 Å². The summed E-state index contributed by atoms with van der Waals surface area (Å²) < 4.78 is 26.1. The topological polar surface area (TPSA) is 26.0 Å². The van der Waals surface area contributed by atoms with Crippen molar-refractivity contribution in [3.63, 3.8) is 0 Å². The molecule has 0 atom stereocenters. The Morgan fingerprint density at radius 3 is 2.00 bits per heavy atom. The van der Waals surface area contributed by atoms with Crippen LogP contribution in [-0.2, 0) is 6.54 Å². The fraction of sp³-hybridized carbons (Fsp3) is 0.143. The summed E-state index contributed by atoms with van der Waals surface area (Å²) in [5.41, 5.74) is 5.07. The smallest absolute Gasteiger partial charge is 0.131 e. The van der Waals surface area contributed by atoms with Crippen LogP contribution in [0.3, 0.4) is 0 Å². The first kappa shape index (κ1) is 12.1. The third-order valence-electron chi connectivity index (χ3n) is 1.31. The van der Waals surface area contributed by atoms with Gasteiger partial charge in [0, 0.05) is 15.7 Å². The van der Waals surface area contributed by atoms with Crippen molar-refractivity contribution >= 4 is 35.0 Å². The third-order valence-corrected chi connectivity index (χ3v) is 1.93. The molecule has 0 saturated carbocycles. The van der Waals surface area contributed by atoms with Crippen LogP contribution in [0.4, 0.5) is 8.78 Å². The van der Waals surface area contributed by atoms with E-state index in [-0.39, 0.29) is 24.5 Å². The zero-order valence-electron chi connectivity index (χ0n) is 5.98. The highest BCUT2D eigenvalue weighted by Crippen LogP contribution is 2.15. The van der Waals surface area contributed by atoms with Crippen molar-refractivity contribution < 1.29 is 8.78 Å². The summed E-state index contributed by atoms with van der Waals surface area (Å²) >= 11 is 1.84. The van der Waals surface area contributed by atoms with Crippen molar-refractivity contribution in [3.8, 4) is 0 Å². The van der Waals surface area contributed by atoms with Crippen LogP contribution in [0.15, 0.2) is 12.1 Å². The maximum atomic E-state index is 12.8. The Kier molecular flexibility index (Phi) is 4.96. The highest BCUT2D eigenvalue weighted by Gasteiger charge is 2.07. The Labute approximate surface area is 88.9 Å². The molecule has 0 aliphatic heterocycles. The molecule has 0 radical (unpaired) electrons. The predicted molar refractivity (Wildman–Crippen MR) is 54.2 cm³/mol. The predicted octanol–water partition coefficient (Wildman–Crippen LogP) is 2.45. The maximum Gasteiger partial charge on any atom is 0.131 e. The molecular weight excluding hydrogens is 298 g/mol. The standard InChI is InChI=1S/C7H6F2IN.ClH/c8-6-1-4(10)2-7(9)5(6)3-11;/h1-2H,3,11H2;1H. The van der Waals surface area contributed by atoms with Gasteiger partial charge in [0.2, 0.25) is 0 Å². The summed E-state index contributed by atoms with van der Waals surface area (Å²) in [5.74, 6) is -1.14. The van der Waals surface area contributed by atoms with Gasteiger partial charge in [-0.2, -0.15) is 0 Å². The van der Waals surface area contributed by atoms with Gasteiger partial charge in [0.1, 0.15) is 11.6 Å². The monoisotopic (exact) mass is 305 g/mol. The lowest BCUT2D eigenvalue weighted by Crippen LogP contribution is -2.03. The Morgan fingerprint density at radius 2 is 1.67 bits per heavy atom. The summed E-state index contributed by atoms with van der Waals surface area (Å²) in [4.78, 5) is 0. The van der Waals surface area contributed by atoms with Crippen molar-refractivity contribution in [1.82, 2.24) is 0 Å². The van der Waals surface area contributed by atoms with Crippen LogP contribution >= 0.6 is 35.0 Å². The van der Waals surface area contributed by atoms with Crippen LogP contribution in [0.5, 0.6) is 0 Å². The second kappa shape index (κ2) is 4.94. The largest absolute Gasteiger partial charge is 0.326 e. The molecule has 1 nitrogen and oxygen atoms in total. The van der Waals surface area contributed by atoms with Crippen LogP contribution in [0.2, 0.25) is 0 Å². The van der Waals surface area contributed by atoms with E-state index >= 15 is 0 Å². The first-order valence-electron chi connectivity index (χ1n) is 2.98. The van der Waals surface area contributed by atoms with Gasteiger partial charge in [0.15, 0.2) is 0 Å². The molecule has 0 fully saturated rings. The van der Waals surface area contributed by atoms with Crippen LogP contribution in [0.25, 0.3) is 0 Å². The molecule has 12 heavy (non-hydrogen) atoms. The SMILES string of the molecule is Cl.NCc1c(F)cc(I)cc1F. The van der Waals surface area contributed by atoms with Gasteiger partial charge in [0.05, 0.1) is 0 Å². The van der Waals surface area contributed by atoms with E-state index < -0.39 is 11.6 Å². The lowest BCUT2D eigenvalue weighted by molar-refractivity contribution is 0.555. The zero-order chi connectivity index (χ0) is 8.43. The summed E-state index contributed by atoms with van der Waals surface area (Å²) in [7, 11) is 0.